The van der Waals surface area contributed by atoms with Crippen molar-refractivity contribution in [3.05, 3.63) is 24.4 Å². The third-order valence-corrected chi connectivity index (χ3v) is 4.70. The average molecular weight is 307 g/mol. The van der Waals surface area contributed by atoms with Crippen LogP contribution in [-0.4, -0.2) is 35.5 Å². The molecule has 1 aliphatic carbocycles. The largest absolute Gasteiger partial charge is 0.382 e. The second kappa shape index (κ2) is 5.03. The van der Waals surface area contributed by atoms with Crippen LogP contribution >= 0.6 is 0 Å². The lowest BCUT2D eigenvalue weighted by atomic mass is 9.93. The Labute approximate surface area is 123 Å². The molecule has 2 aromatic heterocycles. The molecule has 3 N–H and O–H groups in total. The minimum atomic E-state index is -3.48. The van der Waals surface area contributed by atoms with Gasteiger partial charge in [0, 0.05) is 18.5 Å². The van der Waals surface area contributed by atoms with Crippen molar-refractivity contribution in [2.75, 3.05) is 17.3 Å². The number of anilines is 2. The molecule has 0 amide bonds. The summed E-state index contributed by atoms with van der Waals surface area (Å²) in [5, 5.41) is 7.47. The van der Waals surface area contributed by atoms with Crippen LogP contribution in [0.5, 0.6) is 0 Å². The normalized spacial score (nSPS) is 15.7. The van der Waals surface area contributed by atoms with E-state index in [0.717, 1.165) is 25.5 Å². The highest BCUT2D eigenvalue weighted by Gasteiger charge is 2.28. The zero-order valence-electron chi connectivity index (χ0n) is 11.7. The van der Waals surface area contributed by atoms with Gasteiger partial charge < -0.3 is 11.1 Å². The van der Waals surface area contributed by atoms with Crippen molar-refractivity contribution >= 4 is 21.5 Å². The predicted molar refractivity (Wildman–Crippen MR) is 80.1 cm³/mol. The van der Waals surface area contributed by atoms with Crippen molar-refractivity contribution in [3.63, 3.8) is 0 Å². The number of nitrogens with zero attached hydrogens (tertiary/aromatic N) is 3. The van der Waals surface area contributed by atoms with Crippen molar-refractivity contribution in [1.82, 2.24) is 14.8 Å². The summed E-state index contributed by atoms with van der Waals surface area (Å²) >= 11 is 0. The Kier molecular flexibility index (Phi) is 3.32. The van der Waals surface area contributed by atoms with Crippen molar-refractivity contribution in [2.24, 2.45) is 0 Å². The molecule has 1 aliphatic rings. The number of nitrogens with one attached hydrogen (secondary N) is 1. The Morgan fingerprint density at radius 1 is 1.38 bits per heavy atom. The fourth-order valence-electron chi connectivity index (χ4n) is 2.28. The first-order valence-electron chi connectivity index (χ1n) is 6.73. The van der Waals surface area contributed by atoms with Gasteiger partial charge in [0.15, 0.2) is 26.4 Å². The van der Waals surface area contributed by atoms with Crippen LogP contribution in [0.15, 0.2) is 29.3 Å². The molecule has 112 valence electrons. The average Bonchev–Trinajstić information content (AvgIpc) is 2.72. The molecule has 21 heavy (non-hydrogen) atoms. The van der Waals surface area contributed by atoms with Crippen molar-refractivity contribution in [3.8, 4) is 5.82 Å². The smallest absolute Gasteiger partial charge is 0.182 e. The number of hydrogen-bond acceptors (Lipinski definition) is 6. The Bertz CT molecular complexity index is 750. The van der Waals surface area contributed by atoms with Gasteiger partial charge in [-0.1, -0.05) is 6.07 Å². The molecule has 0 aromatic carbocycles. The number of rotatable bonds is 4. The molecule has 0 spiro atoms. The van der Waals surface area contributed by atoms with E-state index in [2.05, 4.69) is 15.4 Å². The lowest BCUT2D eigenvalue weighted by Gasteiger charge is -2.26. The number of sulfone groups is 1. The first-order valence-corrected chi connectivity index (χ1v) is 8.62. The number of hydrogen-bond donors (Lipinski definition) is 2. The van der Waals surface area contributed by atoms with Gasteiger partial charge >= 0.3 is 0 Å². The summed E-state index contributed by atoms with van der Waals surface area (Å²) in [5.41, 5.74) is 6.00. The third-order valence-electron chi connectivity index (χ3n) is 3.56. The van der Waals surface area contributed by atoms with Gasteiger partial charge in [-0.05, 0) is 31.4 Å². The SMILES string of the molecule is CS(=O)(=O)c1c(NC2CCC2)nn(-c2ccccn2)c1N. The van der Waals surface area contributed by atoms with E-state index >= 15 is 0 Å². The van der Waals surface area contributed by atoms with Gasteiger partial charge in [-0.25, -0.2) is 13.4 Å². The molecule has 1 fully saturated rings. The molecule has 0 unspecified atom stereocenters. The van der Waals surface area contributed by atoms with E-state index in [1.165, 1.54) is 4.68 Å². The maximum absolute atomic E-state index is 12.0. The summed E-state index contributed by atoms with van der Waals surface area (Å²) in [7, 11) is -3.48. The lowest BCUT2D eigenvalue weighted by Crippen LogP contribution is -2.28. The molecule has 2 aromatic rings. The van der Waals surface area contributed by atoms with Gasteiger partial charge in [-0.2, -0.15) is 4.68 Å². The zero-order valence-corrected chi connectivity index (χ0v) is 12.5. The van der Waals surface area contributed by atoms with E-state index in [4.69, 9.17) is 5.73 Å². The first kappa shape index (κ1) is 13.9. The van der Waals surface area contributed by atoms with Crippen LogP contribution in [0.1, 0.15) is 19.3 Å². The molecule has 0 aliphatic heterocycles. The molecule has 0 bridgehead atoms. The highest BCUT2D eigenvalue weighted by Crippen LogP contribution is 2.32. The highest BCUT2D eigenvalue weighted by atomic mass is 32.2. The van der Waals surface area contributed by atoms with Gasteiger partial charge in [-0.3, -0.25) is 0 Å². The van der Waals surface area contributed by atoms with Gasteiger partial charge in [0.1, 0.15) is 5.82 Å². The summed E-state index contributed by atoms with van der Waals surface area (Å²) in [6.07, 6.45) is 5.91. The summed E-state index contributed by atoms with van der Waals surface area (Å²) in [6, 6.07) is 5.55. The molecule has 8 heteroatoms. The number of nitrogens with two attached hydrogens (primary N) is 1. The zero-order chi connectivity index (χ0) is 15.0. The minimum Gasteiger partial charge on any atom is -0.382 e. The molecule has 0 atom stereocenters. The summed E-state index contributed by atoms with van der Waals surface area (Å²) in [6.45, 7) is 0. The number of nitrogen functional groups attached to an aromatic ring is 1. The summed E-state index contributed by atoms with van der Waals surface area (Å²) < 4.78 is 25.4. The second-order valence-corrected chi connectivity index (χ2v) is 7.16. The summed E-state index contributed by atoms with van der Waals surface area (Å²) in [4.78, 5) is 4.20. The number of aromatic nitrogens is 3. The van der Waals surface area contributed by atoms with E-state index < -0.39 is 9.84 Å². The molecular weight excluding hydrogens is 290 g/mol. The summed E-state index contributed by atoms with van der Waals surface area (Å²) in [5.74, 6) is 0.880. The van der Waals surface area contributed by atoms with Gasteiger partial charge in [-0.15, -0.1) is 5.10 Å². The van der Waals surface area contributed by atoms with Gasteiger partial charge in [0.25, 0.3) is 0 Å². The first-order chi connectivity index (χ1) is 9.97. The Hall–Kier alpha value is -2.09. The van der Waals surface area contributed by atoms with Gasteiger partial charge in [0.2, 0.25) is 0 Å². The minimum absolute atomic E-state index is 0.0417. The molecular formula is C13H17N5O2S. The second-order valence-electron chi connectivity index (χ2n) is 5.21. The van der Waals surface area contributed by atoms with Crippen LogP contribution in [0.3, 0.4) is 0 Å². The van der Waals surface area contributed by atoms with E-state index in [1.54, 1.807) is 24.4 Å². The van der Waals surface area contributed by atoms with Crippen LogP contribution < -0.4 is 11.1 Å². The Morgan fingerprint density at radius 3 is 2.67 bits per heavy atom. The van der Waals surface area contributed by atoms with Crippen LogP contribution in [0.4, 0.5) is 11.6 Å². The molecule has 0 radical (unpaired) electrons. The quantitative estimate of drug-likeness (QED) is 0.880. The van der Waals surface area contributed by atoms with Crippen LogP contribution in [0.25, 0.3) is 5.82 Å². The van der Waals surface area contributed by atoms with E-state index in [9.17, 15) is 8.42 Å². The van der Waals surface area contributed by atoms with E-state index in [1.807, 2.05) is 0 Å². The predicted octanol–water partition coefficient (Wildman–Crippen LogP) is 1.22. The van der Waals surface area contributed by atoms with E-state index in [-0.39, 0.29) is 16.8 Å². The Morgan fingerprint density at radius 2 is 2.14 bits per heavy atom. The van der Waals surface area contributed by atoms with E-state index in [0.29, 0.717) is 11.6 Å². The van der Waals surface area contributed by atoms with Crippen molar-refractivity contribution in [2.45, 2.75) is 30.2 Å². The van der Waals surface area contributed by atoms with Crippen LogP contribution in [0.2, 0.25) is 0 Å². The highest BCUT2D eigenvalue weighted by molar-refractivity contribution is 7.91. The third kappa shape index (κ3) is 2.58. The molecule has 3 rings (SSSR count). The standard InChI is InChI=1S/C13H17N5O2S/c1-21(19,20)11-12(14)18(10-7-2-3-8-15-10)17-13(11)16-9-5-4-6-9/h2-3,7-9H,4-6,14H2,1H3,(H,16,17). The molecule has 1 saturated carbocycles. The maximum atomic E-state index is 12.0. The number of pyridine rings is 1. The molecule has 7 nitrogen and oxygen atoms in total. The molecule has 0 saturated heterocycles. The monoisotopic (exact) mass is 307 g/mol. The Balaban J connectivity index is 2.10. The topological polar surface area (TPSA) is 103 Å². The van der Waals surface area contributed by atoms with Gasteiger partial charge in [0.05, 0.1) is 0 Å². The fourth-order valence-corrected chi connectivity index (χ4v) is 3.19. The lowest BCUT2D eigenvalue weighted by molar-refractivity contribution is 0.443. The van der Waals surface area contributed by atoms with Crippen molar-refractivity contribution in [1.29, 1.82) is 0 Å². The van der Waals surface area contributed by atoms with Crippen LogP contribution in [-0.2, 0) is 9.84 Å². The van der Waals surface area contributed by atoms with Crippen molar-refractivity contribution < 1.29 is 8.42 Å². The maximum Gasteiger partial charge on any atom is 0.182 e. The fraction of sp³-hybridized carbons (Fsp3) is 0.385. The molecule has 2 heterocycles. The van der Waals surface area contributed by atoms with Crippen LogP contribution in [0, 0.1) is 0 Å².